The van der Waals surface area contributed by atoms with E-state index in [1.807, 2.05) is 19.9 Å². The number of pyridine rings is 1. The van der Waals surface area contributed by atoms with Crippen LogP contribution in [0.15, 0.2) is 12.1 Å². The lowest BCUT2D eigenvalue weighted by Gasteiger charge is -2.11. The molecule has 1 fully saturated rings. The Morgan fingerprint density at radius 2 is 2.20 bits per heavy atom. The summed E-state index contributed by atoms with van der Waals surface area (Å²) in [7, 11) is 0. The zero-order chi connectivity index (χ0) is 10.8. The Morgan fingerprint density at radius 3 is 2.73 bits per heavy atom. The molecule has 1 unspecified atom stereocenters. The van der Waals surface area contributed by atoms with Gasteiger partial charge in [0.1, 0.15) is 0 Å². The van der Waals surface area contributed by atoms with Gasteiger partial charge in [-0.1, -0.05) is 18.9 Å². The fourth-order valence-electron chi connectivity index (χ4n) is 2.00. The molecule has 78 valence electrons. The van der Waals surface area contributed by atoms with Gasteiger partial charge in [-0.05, 0) is 37.8 Å². The van der Waals surface area contributed by atoms with Gasteiger partial charge in [-0.15, -0.1) is 0 Å². The summed E-state index contributed by atoms with van der Waals surface area (Å²) in [6.45, 7) is 3.98. The lowest BCUT2D eigenvalue weighted by Crippen LogP contribution is -2.02. The van der Waals surface area contributed by atoms with Crippen LogP contribution in [0, 0.1) is 31.1 Å². The fraction of sp³-hybridized carbons (Fsp3) is 0.538. The summed E-state index contributed by atoms with van der Waals surface area (Å²) in [5.74, 6) is 0.834. The van der Waals surface area contributed by atoms with E-state index < -0.39 is 0 Å². The van der Waals surface area contributed by atoms with E-state index >= 15 is 0 Å². The first kappa shape index (κ1) is 10.2. The van der Waals surface area contributed by atoms with E-state index in [1.165, 1.54) is 12.8 Å². The molecule has 0 spiro atoms. The molecule has 1 heterocycles. The smallest absolute Gasteiger partial charge is 0.0733 e. The third-order valence-corrected chi connectivity index (χ3v) is 3.06. The first-order valence-corrected chi connectivity index (χ1v) is 5.54. The highest BCUT2D eigenvalue weighted by atomic mass is 14.7. The maximum Gasteiger partial charge on any atom is 0.0733 e. The minimum absolute atomic E-state index is 0.0469. The molecule has 0 bridgehead atoms. The summed E-state index contributed by atoms with van der Waals surface area (Å²) in [5.41, 5.74) is 3.16. The number of hydrogen-bond acceptors (Lipinski definition) is 2. The lowest BCUT2D eigenvalue weighted by molar-refractivity contribution is 0.665. The van der Waals surface area contributed by atoms with Crippen molar-refractivity contribution in [3.8, 4) is 6.07 Å². The molecule has 1 aliphatic rings. The standard InChI is InChI=1S/C13H16N2/c1-9-3-6-13(10(2)15-9)12(8-14)7-11-4-5-11/h3,6,11-12H,4-5,7H2,1-2H3. The van der Waals surface area contributed by atoms with E-state index in [4.69, 9.17) is 0 Å². The summed E-state index contributed by atoms with van der Waals surface area (Å²) in [6.07, 6.45) is 3.62. The second-order valence-corrected chi connectivity index (χ2v) is 4.49. The molecule has 0 saturated heterocycles. The molecule has 0 amide bonds. The van der Waals surface area contributed by atoms with Crippen molar-refractivity contribution in [2.45, 2.75) is 39.0 Å². The van der Waals surface area contributed by atoms with Crippen molar-refractivity contribution in [2.75, 3.05) is 0 Å². The number of rotatable bonds is 3. The summed E-state index contributed by atoms with van der Waals surface area (Å²) in [6, 6.07) is 6.47. The number of aromatic nitrogens is 1. The largest absolute Gasteiger partial charge is 0.258 e. The molecule has 1 atom stereocenters. The first-order valence-electron chi connectivity index (χ1n) is 5.54. The van der Waals surface area contributed by atoms with Gasteiger partial charge in [0.05, 0.1) is 12.0 Å². The van der Waals surface area contributed by atoms with Crippen LogP contribution in [0.1, 0.15) is 42.1 Å². The van der Waals surface area contributed by atoms with Gasteiger partial charge in [0.15, 0.2) is 0 Å². The SMILES string of the molecule is Cc1ccc(C(C#N)CC2CC2)c(C)n1. The van der Waals surface area contributed by atoms with E-state index in [0.717, 1.165) is 29.3 Å². The monoisotopic (exact) mass is 200 g/mol. The highest BCUT2D eigenvalue weighted by Crippen LogP contribution is 2.38. The summed E-state index contributed by atoms with van der Waals surface area (Å²) >= 11 is 0. The predicted octanol–water partition coefficient (Wildman–Crippen LogP) is 3.11. The van der Waals surface area contributed by atoms with Gasteiger partial charge in [-0.3, -0.25) is 4.98 Å². The Kier molecular flexibility index (Phi) is 2.73. The van der Waals surface area contributed by atoms with Crippen LogP contribution in [-0.4, -0.2) is 4.98 Å². The van der Waals surface area contributed by atoms with E-state index in [2.05, 4.69) is 17.1 Å². The normalized spacial score (nSPS) is 17.1. The number of nitriles is 1. The summed E-state index contributed by atoms with van der Waals surface area (Å²) in [5, 5.41) is 9.17. The predicted molar refractivity (Wildman–Crippen MR) is 59.4 cm³/mol. The van der Waals surface area contributed by atoms with Crippen LogP contribution in [-0.2, 0) is 0 Å². The molecule has 0 aromatic carbocycles. The van der Waals surface area contributed by atoms with Crippen LogP contribution in [0.4, 0.5) is 0 Å². The van der Waals surface area contributed by atoms with Gasteiger partial charge in [0.25, 0.3) is 0 Å². The Balaban J connectivity index is 2.21. The van der Waals surface area contributed by atoms with Crippen LogP contribution in [0.5, 0.6) is 0 Å². The lowest BCUT2D eigenvalue weighted by atomic mass is 9.93. The van der Waals surface area contributed by atoms with E-state index in [1.54, 1.807) is 0 Å². The Hall–Kier alpha value is -1.36. The number of hydrogen-bond donors (Lipinski definition) is 0. The number of aryl methyl sites for hydroxylation is 2. The molecule has 2 heteroatoms. The van der Waals surface area contributed by atoms with Gasteiger partial charge in [-0.25, -0.2) is 0 Å². The van der Waals surface area contributed by atoms with Crippen molar-refractivity contribution >= 4 is 0 Å². The average molecular weight is 200 g/mol. The van der Waals surface area contributed by atoms with Crippen LogP contribution < -0.4 is 0 Å². The topological polar surface area (TPSA) is 36.7 Å². The van der Waals surface area contributed by atoms with Crippen molar-refractivity contribution in [3.05, 3.63) is 29.1 Å². The molecule has 1 saturated carbocycles. The van der Waals surface area contributed by atoms with Crippen LogP contribution in [0.2, 0.25) is 0 Å². The minimum atomic E-state index is 0.0469. The fourth-order valence-corrected chi connectivity index (χ4v) is 2.00. The van der Waals surface area contributed by atoms with E-state index in [-0.39, 0.29) is 5.92 Å². The Morgan fingerprint density at radius 1 is 1.47 bits per heavy atom. The zero-order valence-corrected chi connectivity index (χ0v) is 9.33. The van der Waals surface area contributed by atoms with Gasteiger partial charge in [-0.2, -0.15) is 5.26 Å². The quantitative estimate of drug-likeness (QED) is 0.751. The van der Waals surface area contributed by atoms with Gasteiger partial charge >= 0.3 is 0 Å². The molecule has 1 aromatic heterocycles. The van der Waals surface area contributed by atoms with Crippen molar-refractivity contribution in [1.82, 2.24) is 4.98 Å². The molecule has 0 aliphatic heterocycles. The Labute approximate surface area is 91.0 Å². The second-order valence-electron chi connectivity index (χ2n) is 4.49. The molecule has 1 aromatic rings. The molecule has 2 rings (SSSR count). The first-order chi connectivity index (χ1) is 7.20. The van der Waals surface area contributed by atoms with Gasteiger partial charge in [0.2, 0.25) is 0 Å². The molecule has 0 radical (unpaired) electrons. The molecule has 1 aliphatic carbocycles. The molecule has 15 heavy (non-hydrogen) atoms. The van der Waals surface area contributed by atoms with Gasteiger partial charge in [0, 0.05) is 11.4 Å². The maximum absolute atomic E-state index is 9.17. The highest BCUT2D eigenvalue weighted by Gasteiger charge is 2.27. The average Bonchev–Trinajstić information content (AvgIpc) is 2.99. The highest BCUT2D eigenvalue weighted by molar-refractivity contribution is 5.30. The number of nitrogens with zero attached hydrogens (tertiary/aromatic N) is 2. The molecular weight excluding hydrogens is 184 g/mol. The summed E-state index contributed by atoms with van der Waals surface area (Å²) < 4.78 is 0. The molecule has 0 N–H and O–H groups in total. The van der Waals surface area contributed by atoms with Crippen molar-refractivity contribution in [2.24, 2.45) is 5.92 Å². The van der Waals surface area contributed by atoms with Crippen molar-refractivity contribution in [3.63, 3.8) is 0 Å². The van der Waals surface area contributed by atoms with Crippen LogP contribution in [0.3, 0.4) is 0 Å². The third-order valence-electron chi connectivity index (χ3n) is 3.06. The molecule has 2 nitrogen and oxygen atoms in total. The minimum Gasteiger partial charge on any atom is -0.258 e. The maximum atomic E-state index is 9.17. The zero-order valence-electron chi connectivity index (χ0n) is 9.33. The molecular formula is C13H16N2. The third kappa shape index (κ3) is 2.36. The van der Waals surface area contributed by atoms with Crippen LogP contribution in [0.25, 0.3) is 0 Å². The van der Waals surface area contributed by atoms with Crippen LogP contribution >= 0.6 is 0 Å². The van der Waals surface area contributed by atoms with Crippen molar-refractivity contribution < 1.29 is 0 Å². The van der Waals surface area contributed by atoms with E-state index in [9.17, 15) is 5.26 Å². The second kappa shape index (κ2) is 4.02. The van der Waals surface area contributed by atoms with E-state index in [0.29, 0.717) is 0 Å². The van der Waals surface area contributed by atoms with Crippen molar-refractivity contribution in [1.29, 1.82) is 5.26 Å². The Bertz CT molecular complexity index is 399. The summed E-state index contributed by atoms with van der Waals surface area (Å²) in [4.78, 5) is 4.42. The van der Waals surface area contributed by atoms with Gasteiger partial charge < -0.3 is 0 Å².